The second kappa shape index (κ2) is 4.65. The second-order valence-corrected chi connectivity index (χ2v) is 5.38. The molecule has 0 bridgehead atoms. The Bertz CT molecular complexity index is 487. The number of hydrogen-bond acceptors (Lipinski definition) is 4. The summed E-state index contributed by atoms with van der Waals surface area (Å²) in [6, 6.07) is 0. The first kappa shape index (κ1) is 14.1. The van der Waals surface area contributed by atoms with Crippen LogP contribution in [0.3, 0.4) is 0 Å². The molecule has 1 aromatic heterocycles. The van der Waals surface area contributed by atoms with Crippen molar-refractivity contribution in [2.75, 3.05) is 0 Å². The Morgan fingerprint density at radius 3 is 2.11 bits per heavy atom. The smallest absolute Gasteiger partial charge is 0.398 e. The van der Waals surface area contributed by atoms with Crippen molar-refractivity contribution >= 4 is 13.2 Å². The summed E-state index contributed by atoms with van der Waals surface area (Å²) >= 11 is 0. The van der Waals surface area contributed by atoms with Crippen LogP contribution in [0.4, 0.5) is 8.78 Å². The lowest BCUT2D eigenvalue weighted by Crippen LogP contribution is -2.41. The van der Waals surface area contributed by atoms with Crippen LogP contribution < -0.4 is 0 Å². The minimum absolute atomic E-state index is 0.0635. The van der Waals surface area contributed by atoms with E-state index in [0.717, 1.165) is 18.5 Å². The average Bonchev–Trinajstić information content (AvgIpc) is 2.51. The third kappa shape index (κ3) is 2.82. The fourth-order valence-electron chi connectivity index (χ4n) is 1.54. The van der Waals surface area contributed by atoms with Crippen LogP contribution in [0.25, 0.3) is 6.08 Å². The summed E-state index contributed by atoms with van der Waals surface area (Å²) in [4.78, 5) is 7.30. The number of rotatable bonds is 2. The lowest BCUT2D eigenvalue weighted by Gasteiger charge is -2.32. The molecule has 0 amide bonds. The maximum atomic E-state index is 14.0. The molecule has 0 saturated carbocycles. The molecule has 0 radical (unpaired) electrons. The molecule has 1 aliphatic rings. The van der Waals surface area contributed by atoms with E-state index in [1.165, 1.54) is 0 Å². The number of aromatic nitrogens is 2. The Kier molecular flexibility index (Phi) is 3.44. The number of nitrogens with zero attached hydrogens (tertiary/aromatic N) is 2. The highest BCUT2D eigenvalue weighted by atomic mass is 19.1. The average molecular weight is 268 g/mol. The van der Waals surface area contributed by atoms with Gasteiger partial charge >= 0.3 is 7.12 Å². The fraction of sp³-hybridized carbons (Fsp3) is 0.500. The van der Waals surface area contributed by atoms with Gasteiger partial charge in [-0.3, -0.25) is 0 Å². The van der Waals surface area contributed by atoms with E-state index in [9.17, 15) is 8.78 Å². The van der Waals surface area contributed by atoms with Crippen molar-refractivity contribution in [3.05, 3.63) is 29.8 Å². The van der Waals surface area contributed by atoms with Gasteiger partial charge in [0.1, 0.15) is 5.73 Å². The summed E-state index contributed by atoms with van der Waals surface area (Å²) in [5, 5.41) is 0. The molecule has 0 unspecified atom stereocenters. The van der Waals surface area contributed by atoms with E-state index in [-0.39, 0.29) is 5.82 Å². The maximum Gasteiger partial charge on any atom is 0.525 e. The molecule has 0 atom stereocenters. The van der Waals surface area contributed by atoms with Crippen molar-refractivity contribution < 1.29 is 18.1 Å². The van der Waals surface area contributed by atoms with Gasteiger partial charge in [0.2, 0.25) is 0 Å². The minimum Gasteiger partial charge on any atom is -0.398 e. The molecule has 0 aromatic carbocycles. The van der Waals surface area contributed by atoms with Crippen LogP contribution in [0.5, 0.6) is 0 Å². The molecule has 102 valence electrons. The molecule has 7 heteroatoms. The highest BCUT2D eigenvalue weighted by Gasteiger charge is 2.53. The summed E-state index contributed by atoms with van der Waals surface area (Å²) in [5.74, 6) is -0.512. The topological polar surface area (TPSA) is 44.2 Å². The third-order valence-corrected chi connectivity index (χ3v) is 3.39. The molecular weight excluding hydrogens is 253 g/mol. The molecule has 1 saturated heterocycles. The number of hydrogen-bond donors (Lipinski definition) is 0. The normalized spacial score (nSPS) is 21.8. The van der Waals surface area contributed by atoms with Crippen molar-refractivity contribution in [2.45, 2.75) is 38.9 Å². The van der Waals surface area contributed by atoms with Gasteiger partial charge in [0.15, 0.2) is 11.6 Å². The molecule has 0 aliphatic carbocycles. The summed E-state index contributed by atoms with van der Waals surface area (Å²) < 4.78 is 37.7. The van der Waals surface area contributed by atoms with Crippen LogP contribution >= 0.6 is 0 Å². The van der Waals surface area contributed by atoms with Gasteiger partial charge in [-0.2, -0.15) is 0 Å². The number of halogens is 2. The van der Waals surface area contributed by atoms with E-state index >= 15 is 0 Å². The molecule has 2 heterocycles. The standard InChI is InChI=1S/C12H15BF2N2O2/c1-11(2)12(3,4)19-13(18-11)9(15)5-10-16-6-8(14)7-17-10/h5-7H,1-4H3. The van der Waals surface area contributed by atoms with Crippen molar-refractivity contribution in [3.63, 3.8) is 0 Å². The lowest BCUT2D eigenvalue weighted by molar-refractivity contribution is 0.00578. The van der Waals surface area contributed by atoms with E-state index in [2.05, 4.69) is 9.97 Å². The van der Waals surface area contributed by atoms with Gasteiger partial charge in [-0.05, 0) is 27.7 Å². The maximum absolute atomic E-state index is 14.0. The van der Waals surface area contributed by atoms with Gasteiger partial charge in [-0.15, -0.1) is 0 Å². The predicted octanol–water partition coefficient (Wildman–Crippen LogP) is 2.56. The molecular formula is C12H15BF2N2O2. The van der Waals surface area contributed by atoms with Crippen molar-refractivity contribution in [2.24, 2.45) is 0 Å². The predicted molar refractivity (Wildman–Crippen MR) is 67.2 cm³/mol. The zero-order chi connectivity index (χ0) is 14.3. The van der Waals surface area contributed by atoms with Crippen LogP contribution in [0.15, 0.2) is 18.1 Å². The van der Waals surface area contributed by atoms with Crippen molar-refractivity contribution in [3.8, 4) is 0 Å². The molecule has 19 heavy (non-hydrogen) atoms. The molecule has 2 rings (SSSR count). The van der Waals surface area contributed by atoms with Gasteiger partial charge in [0.25, 0.3) is 0 Å². The Balaban J connectivity index is 2.17. The minimum atomic E-state index is -1.10. The van der Waals surface area contributed by atoms with Crippen LogP contribution in [0.2, 0.25) is 0 Å². The Labute approximate surface area is 111 Å². The highest BCUT2D eigenvalue weighted by Crippen LogP contribution is 2.38. The molecule has 1 fully saturated rings. The van der Waals surface area contributed by atoms with Gasteiger partial charge in [-0.1, -0.05) is 0 Å². The SMILES string of the molecule is CC1(C)OB(C(F)=Cc2ncc(F)cn2)OC1(C)C. The van der Waals surface area contributed by atoms with Gasteiger partial charge < -0.3 is 9.31 Å². The van der Waals surface area contributed by atoms with Gasteiger partial charge in [0.05, 0.1) is 23.6 Å². The van der Waals surface area contributed by atoms with Crippen LogP contribution in [0, 0.1) is 5.82 Å². The zero-order valence-electron chi connectivity index (χ0n) is 11.3. The second-order valence-electron chi connectivity index (χ2n) is 5.38. The third-order valence-electron chi connectivity index (χ3n) is 3.39. The summed E-state index contributed by atoms with van der Waals surface area (Å²) in [6.07, 6.45) is 3.01. The first-order valence-corrected chi connectivity index (χ1v) is 5.91. The summed E-state index contributed by atoms with van der Waals surface area (Å²) in [7, 11) is -1.10. The molecule has 1 aliphatic heterocycles. The molecule has 0 N–H and O–H groups in total. The quantitative estimate of drug-likeness (QED) is 0.773. The first-order valence-electron chi connectivity index (χ1n) is 5.91. The summed E-state index contributed by atoms with van der Waals surface area (Å²) in [6.45, 7) is 7.31. The highest BCUT2D eigenvalue weighted by molar-refractivity contribution is 6.54. The van der Waals surface area contributed by atoms with E-state index in [0.29, 0.717) is 0 Å². The van der Waals surface area contributed by atoms with Gasteiger partial charge in [0, 0.05) is 6.08 Å². The van der Waals surface area contributed by atoms with Crippen LogP contribution in [0.1, 0.15) is 33.5 Å². The van der Waals surface area contributed by atoms with Crippen LogP contribution in [-0.2, 0) is 9.31 Å². The monoisotopic (exact) mass is 268 g/mol. The van der Waals surface area contributed by atoms with E-state index < -0.39 is 29.9 Å². The van der Waals surface area contributed by atoms with Crippen molar-refractivity contribution in [1.29, 1.82) is 0 Å². The van der Waals surface area contributed by atoms with E-state index in [4.69, 9.17) is 9.31 Å². The van der Waals surface area contributed by atoms with Gasteiger partial charge in [-0.25, -0.2) is 18.7 Å². The van der Waals surface area contributed by atoms with Crippen molar-refractivity contribution in [1.82, 2.24) is 9.97 Å². The summed E-state index contributed by atoms with van der Waals surface area (Å²) in [5.41, 5.74) is -1.89. The first-order chi connectivity index (χ1) is 8.71. The Hall–Kier alpha value is -1.34. The molecule has 4 nitrogen and oxygen atoms in total. The lowest BCUT2D eigenvalue weighted by atomic mass is 9.87. The van der Waals surface area contributed by atoms with E-state index in [1.807, 2.05) is 27.7 Å². The zero-order valence-corrected chi connectivity index (χ0v) is 11.3. The molecule has 1 aromatic rings. The largest absolute Gasteiger partial charge is 0.525 e. The Morgan fingerprint density at radius 2 is 1.63 bits per heavy atom. The van der Waals surface area contributed by atoms with Crippen LogP contribution in [-0.4, -0.2) is 28.3 Å². The fourth-order valence-corrected chi connectivity index (χ4v) is 1.54. The Morgan fingerprint density at radius 1 is 1.16 bits per heavy atom. The molecule has 0 spiro atoms. The van der Waals surface area contributed by atoms with E-state index in [1.54, 1.807) is 0 Å².